The third kappa shape index (κ3) is 8.08. The van der Waals surface area contributed by atoms with E-state index in [4.69, 9.17) is 5.73 Å². The molecular weight excluding hydrogens is 378 g/mol. The van der Waals surface area contributed by atoms with Crippen LogP contribution in [0, 0.1) is 6.92 Å². The van der Waals surface area contributed by atoms with Gasteiger partial charge in [-0.1, -0.05) is 29.8 Å². The van der Waals surface area contributed by atoms with E-state index in [9.17, 15) is 35.9 Å². The normalized spacial score (nSPS) is 16.4. The van der Waals surface area contributed by atoms with Gasteiger partial charge in [0.1, 0.15) is 0 Å². The van der Waals surface area contributed by atoms with Crippen molar-refractivity contribution in [2.75, 3.05) is 13.1 Å². The second kappa shape index (κ2) is 9.32. The Balaban J connectivity index is 0.000000279. The molecule has 27 heavy (non-hydrogen) atoms. The van der Waals surface area contributed by atoms with Crippen LogP contribution in [0.3, 0.4) is 0 Å². The minimum absolute atomic E-state index is 0.430. The SMILES string of the molecule is Cc1ccc(CN2CCC(N)CC2)cc1.O=C(C(=O)C(F)(F)F)C(F)(F)F. The molecule has 1 aliphatic heterocycles. The summed E-state index contributed by atoms with van der Waals surface area (Å²) in [5, 5.41) is 0. The fraction of sp³-hybridized carbons (Fsp3) is 0.529. The number of nitrogens with two attached hydrogens (primary N) is 1. The van der Waals surface area contributed by atoms with Crippen LogP contribution in [-0.2, 0) is 16.1 Å². The summed E-state index contributed by atoms with van der Waals surface area (Å²) in [5.41, 5.74) is 8.63. The number of aryl methyl sites for hydroxylation is 1. The molecule has 4 nitrogen and oxygen atoms in total. The number of halogens is 6. The molecule has 2 rings (SSSR count). The zero-order chi connectivity index (χ0) is 20.8. The molecule has 1 aromatic carbocycles. The topological polar surface area (TPSA) is 63.4 Å². The molecule has 2 N–H and O–H groups in total. The van der Waals surface area contributed by atoms with E-state index in [1.807, 2.05) is 0 Å². The molecule has 1 aromatic rings. The van der Waals surface area contributed by atoms with Crippen molar-refractivity contribution in [3.8, 4) is 0 Å². The Kier molecular flexibility index (Phi) is 7.97. The lowest BCUT2D eigenvalue weighted by Crippen LogP contribution is -2.39. The van der Waals surface area contributed by atoms with Gasteiger partial charge in [-0.25, -0.2) is 0 Å². The summed E-state index contributed by atoms with van der Waals surface area (Å²) in [4.78, 5) is 21.7. The predicted octanol–water partition coefficient (Wildman–Crippen LogP) is 3.17. The number of piperidine rings is 1. The molecular formula is C17H20F6N2O2. The Morgan fingerprint density at radius 2 is 1.37 bits per heavy atom. The van der Waals surface area contributed by atoms with E-state index >= 15 is 0 Å². The van der Waals surface area contributed by atoms with E-state index in [-0.39, 0.29) is 0 Å². The molecule has 0 bridgehead atoms. The Labute approximate surface area is 152 Å². The number of Topliss-reactive ketones (excluding diaryl/α,β-unsaturated/α-hetero) is 2. The number of ketones is 2. The largest absolute Gasteiger partial charge is 0.458 e. The number of hydrogen-bond acceptors (Lipinski definition) is 4. The minimum atomic E-state index is -5.77. The first-order chi connectivity index (χ1) is 12.3. The van der Waals surface area contributed by atoms with Gasteiger partial charge in [0.05, 0.1) is 0 Å². The van der Waals surface area contributed by atoms with Crippen molar-refractivity contribution >= 4 is 11.6 Å². The second-order valence-corrected chi connectivity index (χ2v) is 6.25. The molecule has 0 saturated carbocycles. The monoisotopic (exact) mass is 398 g/mol. The maximum Gasteiger partial charge on any atom is 0.458 e. The van der Waals surface area contributed by atoms with Crippen molar-refractivity contribution < 1.29 is 35.9 Å². The standard InChI is InChI=1S/C13H20N2.C4F6O2/c1-11-2-4-12(5-3-11)10-15-8-6-13(14)7-9-15;5-3(6,7)1(11)2(12)4(8,9)10/h2-5,13H,6-10,14H2,1H3;. The summed E-state index contributed by atoms with van der Waals surface area (Å²) in [6.45, 7) is 5.50. The van der Waals surface area contributed by atoms with Gasteiger partial charge in [-0.15, -0.1) is 0 Å². The number of hydrogen-bond donors (Lipinski definition) is 1. The highest BCUT2D eigenvalue weighted by Crippen LogP contribution is 2.24. The third-order valence-corrected chi connectivity index (χ3v) is 3.88. The lowest BCUT2D eigenvalue weighted by atomic mass is 10.1. The Morgan fingerprint density at radius 1 is 0.963 bits per heavy atom. The Morgan fingerprint density at radius 3 is 1.74 bits per heavy atom. The van der Waals surface area contributed by atoms with Crippen molar-refractivity contribution in [1.29, 1.82) is 0 Å². The predicted molar refractivity (Wildman–Crippen MR) is 85.8 cm³/mol. The maximum atomic E-state index is 11.2. The molecule has 0 radical (unpaired) electrons. The first-order valence-corrected chi connectivity index (χ1v) is 8.07. The van der Waals surface area contributed by atoms with Crippen molar-refractivity contribution in [1.82, 2.24) is 4.90 Å². The van der Waals surface area contributed by atoms with Crippen LogP contribution < -0.4 is 5.73 Å². The zero-order valence-electron chi connectivity index (χ0n) is 14.5. The highest BCUT2D eigenvalue weighted by molar-refractivity contribution is 6.41. The van der Waals surface area contributed by atoms with E-state index in [0.717, 1.165) is 32.5 Å². The number of carbonyl (C=O) groups excluding carboxylic acids is 2. The van der Waals surface area contributed by atoms with E-state index in [0.29, 0.717) is 6.04 Å². The van der Waals surface area contributed by atoms with E-state index in [2.05, 4.69) is 36.1 Å². The van der Waals surface area contributed by atoms with Crippen LogP contribution >= 0.6 is 0 Å². The number of nitrogens with zero attached hydrogens (tertiary/aromatic N) is 1. The molecule has 1 fully saturated rings. The molecule has 1 saturated heterocycles. The fourth-order valence-corrected chi connectivity index (χ4v) is 2.32. The van der Waals surface area contributed by atoms with Gasteiger partial charge in [-0.2, -0.15) is 26.3 Å². The number of benzene rings is 1. The lowest BCUT2D eigenvalue weighted by Gasteiger charge is -2.30. The van der Waals surface area contributed by atoms with Gasteiger partial charge in [-0.3, -0.25) is 14.5 Å². The summed E-state index contributed by atoms with van der Waals surface area (Å²) in [6.07, 6.45) is -9.25. The van der Waals surface area contributed by atoms with Gasteiger partial charge in [0, 0.05) is 12.6 Å². The molecule has 10 heteroatoms. The summed E-state index contributed by atoms with van der Waals surface area (Å²) < 4.78 is 67.0. The van der Waals surface area contributed by atoms with Gasteiger partial charge in [-0.05, 0) is 38.4 Å². The second-order valence-electron chi connectivity index (χ2n) is 6.25. The highest BCUT2D eigenvalue weighted by atomic mass is 19.4. The van der Waals surface area contributed by atoms with Crippen LogP contribution in [0.25, 0.3) is 0 Å². The van der Waals surface area contributed by atoms with Crippen molar-refractivity contribution in [2.45, 2.75) is 44.7 Å². The van der Waals surface area contributed by atoms with E-state index < -0.39 is 23.9 Å². The van der Waals surface area contributed by atoms with E-state index in [1.54, 1.807) is 0 Å². The molecule has 0 spiro atoms. The molecule has 152 valence electrons. The fourth-order valence-electron chi connectivity index (χ4n) is 2.32. The summed E-state index contributed by atoms with van der Waals surface area (Å²) in [5.74, 6) is -6.81. The Bertz CT molecular complexity index is 608. The Hall–Kier alpha value is -1.94. The molecule has 0 aliphatic carbocycles. The number of carbonyl (C=O) groups is 2. The zero-order valence-corrected chi connectivity index (χ0v) is 14.5. The van der Waals surface area contributed by atoms with Gasteiger partial charge < -0.3 is 5.73 Å². The van der Waals surface area contributed by atoms with Crippen molar-refractivity contribution in [3.63, 3.8) is 0 Å². The van der Waals surface area contributed by atoms with E-state index in [1.165, 1.54) is 11.1 Å². The lowest BCUT2D eigenvalue weighted by molar-refractivity contribution is -0.193. The molecule has 1 aliphatic rings. The van der Waals surface area contributed by atoms with Crippen molar-refractivity contribution in [3.05, 3.63) is 35.4 Å². The summed E-state index contributed by atoms with van der Waals surface area (Å²) in [7, 11) is 0. The van der Waals surface area contributed by atoms with Gasteiger partial charge >= 0.3 is 23.9 Å². The van der Waals surface area contributed by atoms with Gasteiger partial charge in [0.25, 0.3) is 0 Å². The van der Waals surface area contributed by atoms with Crippen LogP contribution in [0.1, 0.15) is 24.0 Å². The number of rotatable bonds is 3. The average molecular weight is 398 g/mol. The maximum absolute atomic E-state index is 11.2. The molecule has 0 unspecified atom stereocenters. The smallest absolute Gasteiger partial charge is 0.328 e. The minimum Gasteiger partial charge on any atom is -0.328 e. The highest BCUT2D eigenvalue weighted by Gasteiger charge is 2.54. The van der Waals surface area contributed by atoms with Crippen LogP contribution in [-0.4, -0.2) is 48.0 Å². The van der Waals surface area contributed by atoms with Crippen LogP contribution in [0.4, 0.5) is 26.3 Å². The summed E-state index contributed by atoms with van der Waals surface area (Å²) >= 11 is 0. The molecule has 0 amide bonds. The molecule has 0 atom stereocenters. The van der Waals surface area contributed by atoms with Crippen molar-refractivity contribution in [2.24, 2.45) is 5.73 Å². The summed E-state index contributed by atoms with van der Waals surface area (Å²) in [6, 6.07) is 9.25. The first-order valence-electron chi connectivity index (χ1n) is 8.07. The van der Waals surface area contributed by atoms with Crippen LogP contribution in [0.2, 0.25) is 0 Å². The molecule has 0 aromatic heterocycles. The number of alkyl halides is 6. The molecule has 1 heterocycles. The average Bonchev–Trinajstić information content (AvgIpc) is 2.56. The van der Waals surface area contributed by atoms with Gasteiger partial charge in [0.15, 0.2) is 0 Å². The van der Waals surface area contributed by atoms with Gasteiger partial charge in [0.2, 0.25) is 0 Å². The van der Waals surface area contributed by atoms with Crippen LogP contribution in [0.5, 0.6) is 0 Å². The van der Waals surface area contributed by atoms with Crippen LogP contribution in [0.15, 0.2) is 24.3 Å². The third-order valence-electron chi connectivity index (χ3n) is 3.88. The number of likely N-dealkylation sites (tertiary alicyclic amines) is 1. The first kappa shape index (κ1) is 23.1. The quantitative estimate of drug-likeness (QED) is 0.628.